The van der Waals surface area contributed by atoms with Gasteiger partial charge in [-0.05, 0) is 37.1 Å². The van der Waals surface area contributed by atoms with Gasteiger partial charge in [0.25, 0.3) is 0 Å². The Morgan fingerprint density at radius 2 is 1.88 bits per heavy atom. The lowest BCUT2D eigenvalue weighted by Gasteiger charge is -2.24. The molecule has 0 radical (unpaired) electrons. The van der Waals surface area contributed by atoms with E-state index in [1.807, 2.05) is 6.07 Å². The maximum Gasteiger partial charge on any atom is 0.161 e. The van der Waals surface area contributed by atoms with E-state index >= 15 is 0 Å². The van der Waals surface area contributed by atoms with E-state index in [4.69, 9.17) is 9.47 Å². The zero-order valence-corrected chi connectivity index (χ0v) is 10.8. The van der Waals surface area contributed by atoms with E-state index in [-0.39, 0.29) is 0 Å². The molecular formula is C14H21NO2. The van der Waals surface area contributed by atoms with E-state index in [1.165, 1.54) is 5.56 Å². The van der Waals surface area contributed by atoms with E-state index in [1.54, 1.807) is 0 Å². The molecule has 2 unspecified atom stereocenters. The van der Waals surface area contributed by atoms with E-state index < -0.39 is 0 Å². The Hall–Kier alpha value is -1.22. The molecule has 1 aliphatic heterocycles. The van der Waals surface area contributed by atoms with Crippen LogP contribution in [0.3, 0.4) is 0 Å². The Labute approximate surface area is 103 Å². The normalized spacial score (nSPS) is 17.6. The van der Waals surface area contributed by atoms with Gasteiger partial charge < -0.3 is 14.8 Å². The molecule has 0 fully saturated rings. The van der Waals surface area contributed by atoms with Crippen LogP contribution in [0.2, 0.25) is 0 Å². The molecule has 17 heavy (non-hydrogen) atoms. The molecule has 3 nitrogen and oxygen atoms in total. The summed E-state index contributed by atoms with van der Waals surface area (Å²) < 4.78 is 11.1. The summed E-state index contributed by atoms with van der Waals surface area (Å²) in [7, 11) is 0. The summed E-state index contributed by atoms with van der Waals surface area (Å²) in [5.41, 5.74) is 1.29. The largest absolute Gasteiger partial charge is 0.486 e. The van der Waals surface area contributed by atoms with Crippen LogP contribution in [0.15, 0.2) is 18.2 Å². The van der Waals surface area contributed by atoms with Gasteiger partial charge in [0.2, 0.25) is 0 Å². The second kappa shape index (κ2) is 5.41. The monoisotopic (exact) mass is 235 g/mol. The number of rotatable bonds is 4. The first-order chi connectivity index (χ1) is 8.22. The highest BCUT2D eigenvalue weighted by molar-refractivity contribution is 5.44. The Kier molecular flexibility index (Phi) is 3.89. The molecule has 2 atom stereocenters. The van der Waals surface area contributed by atoms with E-state index in [0.29, 0.717) is 25.2 Å². The quantitative estimate of drug-likeness (QED) is 0.870. The van der Waals surface area contributed by atoms with Crippen molar-refractivity contribution in [2.24, 2.45) is 0 Å². The molecule has 1 heterocycles. The van der Waals surface area contributed by atoms with E-state index in [9.17, 15) is 0 Å². The third-order valence-electron chi connectivity index (χ3n) is 3.37. The summed E-state index contributed by atoms with van der Waals surface area (Å²) >= 11 is 0. The summed E-state index contributed by atoms with van der Waals surface area (Å²) in [5.74, 6) is 2.21. The van der Waals surface area contributed by atoms with Gasteiger partial charge in [0.15, 0.2) is 11.5 Å². The van der Waals surface area contributed by atoms with Crippen LogP contribution in [0, 0.1) is 0 Å². The first kappa shape index (κ1) is 12.2. The molecule has 1 aliphatic rings. The predicted molar refractivity (Wildman–Crippen MR) is 69.0 cm³/mol. The molecule has 1 aromatic carbocycles. The lowest BCUT2D eigenvalue weighted by atomic mass is 9.94. The SMILES string of the molecule is CCNC(C)C(C)c1ccc2c(c1)OCCO2. The van der Waals surface area contributed by atoms with Crippen molar-refractivity contribution in [3.05, 3.63) is 23.8 Å². The van der Waals surface area contributed by atoms with Crippen molar-refractivity contribution in [1.82, 2.24) is 5.32 Å². The average molecular weight is 235 g/mol. The minimum absolute atomic E-state index is 0.461. The van der Waals surface area contributed by atoms with Crippen LogP contribution >= 0.6 is 0 Å². The minimum Gasteiger partial charge on any atom is -0.486 e. The van der Waals surface area contributed by atoms with Gasteiger partial charge in [0.05, 0.1) is 0 Å². The van der Waals surface area contributed by atoms with Gasteiger partial charge in [-0.15, -0.1) is 0 Å². The lowest BCUT2D eigenvalue weighted by Crippen LogP contribution is -2.30. The van der Waals surface area contributed by atoms with Crippen molar-refractivity contribution < 1.29 is 9.47 Å². The van der Waals surface area contributed by atoms with Crippen molar-refractivity contribution in [2.75, 3.05) is 19.8 Å². The molecule has 0 bridgehead atoms. The van der Waals surface area contributed by atoms with Gasteiger partial charge in [-0.2, -0.15) is 0 Å². The van der Waals surface area contributed by atoms with Crippen LogP contribution in [0.1, 0.15) is 32.3 Å². The molecule has 3 heteroatoms. The Morgan fingerprint density at radius 1 is 1.18 bits per heavy atom. The van der Waals surface area contributed by atoms with Crippen LogP contribution in [0.25, 0.3) is 0 Å². The van der Waals surface area contributed by atoms with Crippen LogP contribution < -0.4 is 14.8 Å². The third-order valence-corrected chi connectivity index (χ3v) is 3.37. The van der Waals surface area contributed by atoms with Crippen LogP contribution in [-0.2, 0) is 0 Å². The number of ether oxygens (including phenoxy) is 2. The molecule has 0 saturated carbocycles. The van der Waals surface area contributed by atoms with Crippen molar-refractivity contribution in [3.63, 3.8) is 0 Å². The van der Waals surface area contributed by atoms with Crippen molar-refractivity contribution in [1.29, 1.82) is 0 Å². The highest BCUT2D eigenvalue weighted by atomic mass is 16.6. The zero-order chi connectivity index (χ0) is 12.3. The fourth-order valence-electron chi connectivity index (χ4n) is 2.13. The second-order valence-corrected chi connectivity index (χ2v) is 4.54. The summed E-state index contributed by atoms with van der Waals surface area (Å²) in [6.45, 7) is 8.87. The summed E-state index contributed by atoms with van der Waals surface area (Å²) in [6, 6.07) is 6.71. The highest BCUT2D eigenvalue weighted by Gasteiger charge is 2.17. The van der Waals surface area contributed by atoms with Crippen LogP contribution in [0.4, 0.5) is 0 Å². The smallest absolute Gasteiger partial charge is 0.161 e. The molecule has 0 aromatic heterocycles. The predicted octanol–water partition coefficient (Wildman–Crippen LogP) is 2.56. The van der Waals surface area contributed by atoms with Gasteiger partial charge >= 0.3 is 0 Å². The van der Waals surface area contributed by atoms with Gasteiger partial charge in [-0.25, -0.2) is 0 Å². The molecule has 1 N–H and O–H groups in total. The molecule has 0 aliphatic carbocycles. The number of hydrogen-bond donors (Lipinski definition) is 1. The van der Waals surface area contributed by atoms with Gasteiger partial charge in [-0.3, -0.25) is 0 Å². The summed E-state index contributed by atoms with van der Waals surface area (Å²) in [6.07, 6.45) is 0. The van der Waals surface area contributed by atoms with Gasteiger partial charge in [0.1, 0.15) is 13.2 Å². The molecule has 0 spiro atoms. The van der Waals surface area contributed by atoms with E-state index in [2.05, 4.69) is 38.2 Å². The lowest BCUT2D eigenvalue weighted by molar-refractivity contribution is 0.171. The number of likely N-dealkylation sites (N-methyl/N-ethyl adjacent to an activating group) is 1. The third kappa shape index (κ3) is 2.72. The molecule has 2 rings (SSSR count). The standard InChI is InChI=1S/C14H21NO2/c1-4-15-11(3)10(2)12-5-6-13-14(9-12)17-8-7-16-13/h5-6,9-11,15H,4,7-8H2,1-3H3. The van der Waals surface area contributed by atoms with Gasteiger partial charge in [0, 0.05) is 6.04 Å². The van der Waals surface area contributed by atoms with E-state index in [0.717, 1.165) is 18.0 Å². The Bertz CT molecular complexity index is 378. The maximum absolute atomic E-state index is 5.61. The summed E-state index contributed by atoms with van der Waals surface area (Å²) in [4.78, 5) is 0. The maximum atomic E-state index is 5.61. The highest BCUT2D eigenvalue weighted by Crippen LogP contribution is 2.33. The fourth-order valence-corrected chi connectivity index (χ4v) is 2.13. The zero-order valence-electron chi connectivity index (χ0n) is 10.8. The number of benzene rings is 1. The second-order valence-electron chi connectivity index (χ2n) is 4.54. The van der Waals surface area contributed by atoms with Crippen molar-refractivity contribution in [3.8, 4) is 11.5 Å². The molecule has 94 valence electrons. The van der Waals surface area contributed by atoms with Crippen molar-refractivity contribution in [2.45, 2.75) is 32.7 Å². The molecule has 1 aromatic rings. The van der Waals surface area contributed by atoms with Crippen LogP contribution in [0.5, 0.6) is 11.5 Å². The minimum atomic E-state index is 0.461. The molecule has 0 saturated heterocycles. The molecular weight excluding hydrogens is 214 g/mol. The van der Waals surface area contributed by atoms with Crippen LogP contribution in [-0.4, -0.2) is 25.8 Å². The topological polar surface area (TPSA) is 30.5 Å². The summed E-state index contributed by atoms with van der Waals surface area (Å²) in [5, 5.41) is 3.45. The first-order valence-electron chi connectivity index (χ1n) is 6.35. The number of nitrogens with one attached hydrogen (secondary N) is 1. The Balaban J connectivity index is 2.15. The number of hydrogen-bond acceptors (Lipinski definition) is 3. The fraction of sp³-hybridized carbons (Fsp3) is 0.571. The Morgan fingerprint density at radius 3 is 2.59 bits per heavy atom. The van der Waals surface area contributed by atoms with Gasteiger partial charge in [-0.1, -0.05) is 19.9 Å². The van der Waals surface area contributed by atoms with Crippen molar-refractivity contribution >= 4 is 0 Å². The molecule has 0 amide bonds. The average Bonchev–Trinajstić information content (AvgIpc) is 2.37. The number of fused-ring (bicyclic) bond motifs is 1. The first-order valence-corrected chi connectivity index (χ1v) is 6.35.